The fourth-order valence-electron chi connectivity index (χ4n) is 3.35. The van der Waals surface area contributed by atoms with Gasteiger partial charge in [-0.15, -0.1) is 0 Å². The molecule has 3 rings (SSSR count). The Morgan fingerprint density at radius 1 is 1.21 bits per heavy atom. The maximum absolute atomic E-state index is 14.0. The van der Waals surface area contributed by atoms with Crippen molar-refractivity contribution in [2.75, 3.05) is 6.54 Å². The van der Waals surface area contributed by atoms with Gasteiger partial charge >= 0.3 is 6.18 Å². The first-order valence-corrected chi connectivity index (χ1v) is 9.10. The maximum atomic E-state index is 14.0. The smallest absolute Gasteiger partial charge is 0.335 e. The summed E-state index contributed by atoms with van der Waals surface area (Å²) in [6.07, 6.45) is -1.26. The predicted molar refractivity (Wildman–Crippen MR) is 95.5 cm³/mol. The van der Waals surface area contributed by atoms with Crippen LogP contribution < -0.4 is 5.32 Å². The lowest BCUT2D eigenvalue weighted by atomic mass is 10.1. The van der Waals surface area contributed by atoms with E-state index in [4.69, 9.17) is 0 Å². The zero-order valence-electron chi connectivity index (χ0n) is 15.2. The Morgan fingerprint density at radius 3 is 2.75 bits per heavy atom. The van der Waals surface area contributed by atoms with Gasteiger partial charge in [-0.3, -0.25) is 9.78 Å². The van der Waals surface area contributed by atoms with Crippen LogP contribution >= 0.6 is 0 Å². The monoisotopic (exact) mass is 395 g/mol. The highest BCUT2D eigenvalue weighted by Crippen LogP contribution is 2.31. The van der Waals surface area contributed by atoms with Crippen LogP contribution in [-0.2, 0) is 24.1 Å². The Hall–Kier alpha value is -2.48. The van der Waals surface area contributed by atoms with Crippen LogP contribution in [0.2, 0.25) is 0 Å². The molecular formula is C20H21F4N3O. The number of carbonyl (C=O) groups is 1. The zero-order valence-corrected chi connectivity index (χ0v) is 15.2. The van der Waals surface area contributed by atoms with Gasteiger partial charge in [0.2, 0.25) is 5.91 Å². The van der Waals surface area contributed by atoms with Crippen LogP contribution in [0.5, 0.6) is 0 Å². The van der Waals surface area contributed by atoms with Crippen molar-refractivity contribution in [3.8, 4) is 0 Å². The van der Waals surface area contributed by atoms with Crippen molar-refractivity contribution in [2.45, 2.75) is 44.6 Å². The standard InChI is InChI=1S/C20H21F4N3O/c21-18-6-4-15(20(22,23)24)11-14(18)13-27-17(5-7-19(27)28)8-10-25-12-16-3-1-2-9-26-16/h1-4,6,9,11,17,25H,5,7-8,10,12-13H2/t17-/m0/s1. The first kappa shape index (κ1) is 20.3. The van der Waals surface area contributed by atoms with Crippen LogP contribution in [0, 0.1) is 5.82 Å². The maximum Gasteiger partial charge on any atom is 0.416 e. The summed E-state index contributed by atoms with van der Waals surface area (Å²) >= 11 is 0. The quantitative estimate of drug-likeness (QED) is 0.571. The van der Waals surface area contributed by atoms with Crippen LogP contribution in [0.4, 0.5) is 17.6 Å². The fraction of sp³-hybridized carbons (Fsp3) is 0.400. The molecule has 1 aliphatic heterocycles. The van der Waals surface area contributed by atoms with Gasteiger partial charge in [0.25, 0.3) is 0 Å². The van der Waals surface area contributed by atoms with Gasteiger partial charge in [0.05, 0.1) is 11.3 Å². The van der Waals surface area contributed by atoms with E-state index >= 15 is 0 Å². The summed E-state index contributed by atoms with van der Waals surface area (Å²) in [4.78, 5) is 17.9. The number of carbonyl (C=O) groups excluding carboxylic acids is 1. The molecule has 150 valence electrons. The van der Waals surface area contributed by atoms with Crippen LogP contribution in [0.3, 0.4) is 0 Å². The third-order valence-electron chi connectivity index (χ3n) is 4.85. The molecular weight excluding hydrogens is 374 g/mol. The molecule has 1 N–H and O–H groups in total. The summed E-state index contributed by atoms with van der Waals surface area (Å²) in [5.41, 5.74) is -0.131. The molecule has 1 atom stereocenters. The lowest BCUT2D eigenvalue weighted by molar-refractivity contribution is -0.137. The number of halogens is 4. The topological polar surface area (TPSA) is 45.2 Å². The van der Waals surface area contributed by atoms with Crippen molar-refractivity contribution >= 4 is 5.91 Å². The molecule has 2 aromatic rings. The molecule has 2 heterocycles. The minimum Gasteiger partial charge on any atom is -0.335 e. The molecule has 1 aromatic carbocycles. The second-order valence-corrected chi connectivity index (χ2v) is 6.80. The number of likely N-dealkylation sites (tertiary alicyclic amines) is 1. The first-order valence-electron chi connectivity index (χ1n) is 9.10. The summed E-state index contributed by atoms with van der Waals surface area (Å²) < 4.78 is 52.7. The second-order valence-electron chi connectivity index (χ2n) is 6.80. The van der Waals surface area contributed by atoms with E-state index in [-0.39, 0.29) is 24.1 Å². The summed E-state index contributed by atoms with van der Waals surface area (Å²) in [5, 5.41) is 3.24. The molecule has 0 spiro atoms. The van der Waals surface area contributed by atoms with E-state index in [0.29, 0.717) is 38.4 Å². The highest BCUT2D eigenvalue weighted by Gasteiger charge is 2.33. The fourth-order valence-corrected chi connectivity index (χ4v) is 3.35. The molecule has 1 aromatic heterocycles. The second kappa shape index (κ2) is 8.68. The van der Waals surface area contributed by atoms with Gasteiger partial charge in [0.1, 0.15) is 5.82 Å². The average Bonchev–Trinajstić information content (AvgIpc) is 3.00. The molecule has 4 nitrogen and oxygen atoms in total. The zero-order chi connectivity index (χ0) is 20.1. The third-order valence-corrected chi connectivity index (χ3v) is 4.85. The number of amides is 1. The van der Waals surface area contributed by atoms with Crippen molar-refractivity contribution in [3.63, 3.8) is 0 Å². The number of hydrogen-bond acceptors (Lipinski definition) is 3. The van der Waals surface area contributed by atoms with E-state index in [1.807, 2.05) is 18.2 Å². The Labute approximate surface area is 160 Å². The normalized spacial score (nSPS) is 17.4. The van der Waals surface area contributed by atoms with Gasteiger partial charge in [0, 0.05) is 37.3 Å². The lowest BCUT2D eigenvalue weighted by Gasteiger charge is -2.25. The summed E-state index contributed by atoms with van der Waals surface area (Å²) in [6, 6.07) is 7.80. The highest BCUT2D eigenvalue weighted by atomic mass is 19.4. The number of aromatic nitrogens is 1. The van der Waals surface area contributed by atoms with E-state index in [1.165, 1.54) is 4.90 Å². The largest absolute Gasteiger partial charge is 0.416 e. The van der Waals surface area contributed by atoms with Crippen LogP contribution in [0.25, 0.3) is 0 Å². The Balaban J connectivity index is 1.60. The van der Waals surface area contributed by atoms with E-state index in [0.717, 1.165) is 17.8 Å². The van der Waals surface area contributed by atoms with Gasteiger partial charge < -0.3 is 10.2 Å². The molecule has 1 fully saturated rings. The number of hydrogen-bond donors (Lipinski definition) is 1. The Bertz CT molecular complexity index is 811. The Morgan fingerprint density at radius 2 is 2.04 bits per heavy atom. The van der Waals surface area contributed by atoms with E-state index in [2.05, 4.69) is 10.3 Å². The summed E-state index contributed by atoms with van der Waals surface area (Å²) in [7, 11) is 0. The number of nitrogens with one attached hydrogen (secondary N) is 1. The molecule has 28 heavy (non-hydrogen) atoms. The number of nitrogens with zero attached hydrogens (tertiary/aromatic N) is 2. The number of benzene rings is 1. The van der Waals surface area contributed by atoms with E-state index < -0.39 is 17.6 Å². The molecule has 8 heteroatoms. The summed E-state index contributed by atoms with van der Waals surface area (Å²) in [5.74, 6) is -0.897. The van der Waals surface area contributed by atoms with Gasteiger partial charge in [-0.25, -0.2) is 4.39 Å². The van der Waals surface area contributed by atoms with Crippen molar-refractivity contribution in [1.29, 1.82) is 0 Å². The van der Waals surface area contributed by atoms with Crippen LogP contribution in [0.15, 0.2) is 42.6 Å². The molecule has 1 aliphatic rings. The van der Waals surface area contributed by atoms with Crippen molar-refractivity contribution in [3.05, 3.63) is 65.2 Å². The van der Waals surface area contributed by atoms with Gasteiger partial charge in [0.15, 0.2) is 0 Å². The van der Waals surface area contributed by atoms with Gasteiger partial charge in [-0.05, 0) is 49.7 Å². The van der Waals surface area contributed by atoms with E-state index in [9.17, 15) is 22.4 Å². The average molecular weight is 395 g/mol. The number of pyridine rings is 1. The predicted octanol–water partition coefficient (Wildman–Crippen LogP) is 3.91. The first-order chi connectivity index (χ1) is 13.3. The third kappa shape index (κ3) is 5.07. The highest BCUT2D eigenvalue weighted by molar-refractivity contribution is 5.78. The lowest BCUT2D eigenvalue weighted by Crippen LogP contribution is -2.35. The molecule has 0 radical (unpaired) electrons. The van der Waals surface area contributed by atoms with Crippen molar-refractivity contribution in [1.82, 2.24) is 15.2 Å². The molecule has 0 aliphatic carbocycles. The van der Waals surface area contributed by atoms with Crippen LogP contribution in [0.1, 0.15) is 36.1 Å². The molecule has 0 saturated carbocycles. The van der Waals surface area contributed by atoms with E-state index in [1.54, 1.807) is 6.20 Å². The van der Waals surface area contributed by atoms with Gasteiger partial charge in [-0.2, -0.15) is 13.2 Å². The minimum atomic E-state index is -4.55. The van der Waals surface area contributed by atoms with Crippen molar-refractivity contribution < 1.29 is 22.4 Å². The van der Waals surface area contributed by atoms with Crippen LogP contribution in [-0.4, -0.2) is 28.4 Å². The van der Waals surface area contributed by atoms with Gasteiger partial charge in [-0.1, -0.05) is 6.07 Å². The summed E-state index contributed by atoms with van der Waals surface area (Å²) in [6.45, 7) is 1.05. The molecule has 1 saturated heterocycles. The molecule has 1 amide bonds. The number of rotatable bonds is 7. The van der Waals surface area contributed by atoms with Crippen molar-refractivity contribution in [2.24, 2.45) is 0 Å². The molecule has 0 unspecified atom stereocenters. The number of alkyl halides is 3. The SMILES string of the molecule is O=C1CC[C@@H](CCNCc2ccccn2)N1Cc1cc(C(F)(F)F)ccc1F. The molecule has 0 bridgehead atoms. The minimum absolute atomic E-state index is 0.114. The Kier molecular flexibility index (Phi) is 6.28.